The quantitative estimate of drug-likeness (QED) is 0.345. The van der Waals surface area contributed by atoms with Gasteiger partial charge in [0.05, 0.1) is 13.5 Å². The number of methoxy groups -OCH3 is 1. The SMILES string of the molecule is COc1cccc(CC(=O)N(C)CC/C(N)=N/O)c1. The molecule has 0 saturated carbocycles. The van der Waals surface area contributed by atoms with Gasteiger partial charge in [-0.1, -0.05) is 17.3 Å². The molecule has 3 N–H and O–H groups in total. The van der Waals surface area contributed by atoms with Crippen molar-refractivity contribution in [1.29, 1.82) is 0 Å². The van der Waals surface area contributed by atoms with Crippen LogP contribution < -0.4 is 10.5 Å². The zero-order valence-electron chi connectivity index (χ0n) is 11.2. The summed E-state index contributed by atoms with van der Waals surface area (Å²) in [7, 11) is 3.28. The molecule has 0 radical (unpaired) electrons. The van der Waals surface area contributed by atoms with E-state index in [1.807, 2.05) is 24.3 Å². The third kappa shape index (κ3) is 4.87. The lowest BCUT2D eigenvalue weighted by atomic mass is 10.1. The smallest absolute Gasteiger partial charge is 0.226 e. The van der Waals surface area contributed by atoms with Crippen LogP contribution in [0.25, 0.3) is 0 Å². The highest BCUT2D eigenvalue weighted by Crippen LogP contribution is 2.13. The first-order chi connectivity index (χ1) is 9.06. The van der Waals surface area contributed by atoms with Crippen molar-refractivity contribution in [3.8, 4) is 5.75 Å². The van der Waals surface area contributed by atoms with Gasteiger partial charge in [0.25, 0.3) is 0 Å². The van der Waals surface area contributed by atoms with Crippen LogP contribution in [0.4, 0.5) is 0 Å². The molecule has 0 aliphatic rings. The molecule has 1 aromatic rings. The van der Waals surface area contributed by atoms with Crippen molar-refractivity contribution in [2.75, 3.05) is 20.7 Å². The molecule has 0 spiro atoms. The lowest BCUT2D eigenvalue weighted by Gasteiger charge is -2.16. The maximum absolute atomic E-state index is 12.0. The monoisotopic (exact) mass is 265 g/mol. The molecule has 0 heterocycles. The summed E-state index contributed by atoms with van der Waals surface area (Å²) in [5.74, 6) is 0.810. The number of nitrogens with two attached hydrogens (primary N) is 1. The predicted molar refractivity (Wildman–Crippen MR) is 72.4 cm³/mol. The van der Waals surface area contributed by atoms with E-state index >= 15 is 0 Å². The Balaban J connectivity index is 2.53. The van der Waals surface area contributed by atoms with E-state index in [0.717, 1.165) is 11.3 Å². The van der Waals surface area contributed by atoms with E-state index in [2.05, 4.69) is 5.16 Å². The normalized spacial score (nSPS) is 11.2. The Morgan fingerprint density at radius 2 is 2.26 bits per heavy atom. The van der Waals surface area contributed by atoms with Gasteiger partial charge >= 0.3 is 0 Å². The molecule has 0 aromatic heterocycles. The van der Waals surface area contributed by atoms with Gasteiger partial charge in [-0.2, -0.15) is 0 Å². The third-order valence-corrected chi connectivity index (χ3v) is 2.75. The molecule has 0 aliphatic heterocycles. The van der Waals surface area contributed by atoms with Crippen LogP contribution in [0.5, 0.6) is 5.75 Å². The minimum absolute atomic E-state index is 0.0287. The fraction of sp³-hybridized carbons (Fsp3) is 0.385. The standard InChI is InChI=1S/C13H19N3O3/c1-16(7-6-12(14)15-18)13(17)9-10-4-3-5-11(8-10)19-2/h3-5,8,18H,6-7,9H2,1-2H3,(H2,14,15). The Labute approximate surface area is 112 Å². The lowest BCUT2D eigenvalue weighted by molar-refractivity contribution is -0.129. The van der Waals surface area contributed by atoms with Crippen molar-refractivity contribution < 1.29 is 14.7 Å². The van der Waals surface area contributed by atoms with Crippen LogP contribution in [-0.2, 0) is 11.2 Å². The highest BCUT2D eigenvalue weighted by atomic mass is 16.5. The Bertz CT molecular complexity index is 460. The molecule has 19 heavy (non-hydrogen) atoms. The van der Waals surface area contributed by atoms with E-state index in [4.69, 9.17) is 15.7 Å². The minimum Gasteiger partial charge on any atom is -0.497 e. The van der Waals surface area contributed by atoms with Gasteiger partial charge in [0.15, 0.2) is 0 Å². The molecule has 0 saturated heterocycles. The Hall–Kier alpha value is -2.24. The molecule has 0 bridgehead atoms. The summed E-state index contributed by atoms with van der Waals surface area (Å²) >= 11 is 0. The fourth-order valence-electron chi connectivity index (χ4n) is 1.55. The van der Waals surface area contributed by atoms with E-state index in [-0.39, 0.29) is 11.7 Å². The summed E-state index contributed by atoms with van der Waals surface area (Å²) in [6.45, 7) is 0.415. The second kappa shape index (κ2) is 7.25. The number of hydrogen-bond acceptors (Lipinski definition) is 4. The number of oxime groups is 1. The number of carbonyl (C=O) groups excluding carboxylic acids is 1. The zero-order valence-corrected chi connectivity index (χ0v) is 11.2. The first-order valence-corrected chi connectivity index (χ1v) is 5.90. The highest BCUT2D eigenvalue weighted by Gasteiger charge is 2.10. The maximum atomic E-state index is 12.0. The van der Waals surface area contributed by atoms with Gasteiger partial charge < -0.3 is 20.6 Å². The van der Waals surface area contributed by atoms with Crippen LogP contribution in [0.1, 0.15) is 12.0 Å². The molecule has 0 fully saturated rings. The van der Waals surface area contributed by atoms with Crippen LogP contribution in [-0.4, -0.2) is 42.6 Å². The van der Waals surface area contributed by atoms with Crippen LogP contribution in [0.2, 0.25) is 0 Å². The summed E-state index contributed by atoms with van der Waals surface area (Å²) in [5.41, 5.74) is 6.25. The lowest BCUT2D eigenvalue weighted by Crippen LogP contribution is -2.31. The van der Waals surface area contributed by atoms with Gasteiger partial charge in [-0.15, -0.1) is 0 Å². The number of carbonyl (C=O) groups is 1. The number of amidine groups is 1. The molecule has 1 rings (SSSR count). The minimum atomic E-state index is -0.0287. The Kier molecular flexibility index (Phi) is 5.66. The molecule has 1 amide bonds. The number of likely N-dealkylation sites (N-methyl/N-ethyl adjacent to an activating group) is 1. The van der Waals surface area contributed by atoms with Crippen molar-refractivity contribution >= 4 is 11.7 Å². The van der Waals surface area contributed by atoms with Gasteiger partial charge in [-0.25, -0.2) is 0 Å². The van der Waals surface area contributed by atoms with Gasteiger partial charge in [0.1, 0.15) is 11.6 Å². The number of benzene rings is 1. The highest BCUT2D eigenvalue weighted by molar-refractivity contribution is 5.82. The van der Waals surface area contributed by atoms with Crippen molar-refractivity contribution in [2.45, 2.75) is 12.8 Å². The molecule has 1 aromatic carbocycles. The molecule has 0 atom stereocenters. The Morgan fingerprint density at radius 1 is 1.53 bits per heavy atom. The van der Waals surface area contributed by atoms with Gasteiger partial charge in [0, 0.05) is 20.0 Å². The van der Waals surface area contributed by atoms with Gasteiger partial charge in [0.2, 0.25) is 5.91 Å². The Morgan fingerprint density at radius 3 is 2.89 bits per heavy atom. The summed E-state index contributed by atoms with van der Waals surface area (Å²) in [5, 5.41) is 11.3. The summed E-state index contributed by atoms with van der Waals surface area (Å²) < 4.78 is 5.11. The number of ether oxygens (including phenoxy) is 1. The van der Waals surface area contributed by atoms with Crippen LogP contribution in [0.3, 0.4) is 0 Å². The van der Waals surface area contributed by atoms with E-state index in [1.165, 1.54) is 0 Å². The van der Waals surface area contributed by atoms with Gasteiger partial charge in [-0.05, 0) is 17.7 Å². The maximum Gasteiger partial charge on any atom is 0.226 e. The van der Waals surface area contributed by atoms with Crippen molar-refractivity contribution in [3.63, 3.8) is 0 Å². The molecule has 0 unspecified atom stereocenters. The second-order valence-electron chi connectivity index (χ2n) is 4.18. The third-order valence-electron chi connectivity index (χ3n) is 2.75. The zero-order chi connectivity index (χ0) is 14.3. The molecular weight excluding hydrogens is 246 g/mol. The van der Waals surface area contributed by atoms with Crippen molar-refractivity contribution in [1.82, 2.24) is 4.90 Å². The van der Waals surface area contributed by atoms with E-state index in [1.54, 1.807) is 19.1 Å². The molecule has 0 aliphatic carbocycles. The van der Waals surface area contributed by atoms with Gasteiger partial charge in [-0.3, -0.25) is 4.79 Å². The van der Waals surface area contributed by atoms with Crippen molar-refractivity contribution in [2.24, 2.45) is 10.9 Å². The molecule has 104 valence electrons. The molecule has 6 heteroatoms. The molecular formula is C13H19N3O3. The second-order valence-corrected chi connectivity index (χ2v) is 4.18. The summed E-state index contributed by atoms with van der Waals surface area (Å²) in [4.78, 5) is 13.5. The topological polar surface area (TPSA) is 88.2 Å². The summed E-state index contributed by atoms with van der Waals surface area (Å²) in [6.07, 6.45) is 0.640. The predicted octanol–water partition coefficient (Wildman–Crippen LogP) is 0.833. The van der Waals surface area contributed by atoms with E-state index < -0.39 is 0 Å². The van der Waals surface area contributed by atoms with E-state index in [9.17, 15) is 4.79 Å². The van der Waals surface area contributed by atoms with Crippen LogP contribution >= 0.6 is 0 Å². The van der Waals surface area contributed by atoms with Crippen LogP contribution in [0.15, 0.2) is 29.4 Å². The number of hydrogen-bond donors (Lipinski definition) is 2. The average molecular weight is 265 g/mol. The summed E-state index contributed by atoms with van der Waals surface area (Å²) in [6, 6.07) is 7.38. The average Bonchev–Trinajstić information content (AvgIpc) is 2.44. The van der Waals surface area contributed by atoms with E-state index in [0.29, 0.717) is 19.4 Å². The van der Waals surface area contributed by atoms with Crippen LogP contribution in [0, 0.1) is 0 Å². The first-order valence-electron chi connectivity index (χ1n) is 5.90. The first kappa shape index (κ1) is 14.8. The fourth-order valence-corrected chi connectivity index (χ4v) is 1.55. The largest absolute Gasteiger partial charge is 0.497 e. The van der Waals surface area contributed by atoms with Crippen molar-refractivity contribution in [3.05, 3.63) is 29.8 Å². The number of amides is 1. The number of nitrogens with zero attached hydrogens (tertiary/aromatic N) is 2. The molecule has 6 nitrogen and oxygen atoms in total. The number of rotatable bonds is 6.